The van der Waals surface area contributed by atoms with Crippen molar-refractivity contribution in [2.45, 2.75) is 38.8 Å². The molecule has 1 unspecified atom stereocenters. The van der Waals surface area contributed by atoms with Crippen molar-refractivity contribution in [1.82, 2.24) is 10.3 Å². The highest BCUT2D eigenvalue weighted by Crippen LogP contribution is 2.20. The molecule has 1 amide bonds. The summed E-state index contributed by atoms with van der Waals surface area (Å²) in [4.78, 5) is 16.0. The number of amides is 1. The van der Waals surface area contributed by atoms with Crippen LogP contribution in [0.15, 0.2) is 16.7 Å². The van der Waals surface area contributed by atoms with E-state index in [1.54, 1.807) is 6.20 Å². The molecule has 2 N–H and O–H groups in total. The lowest BCUT2D eigenvalue weighted by atomic mass is 10.2. The molecule has 0 radical (unpaired) electrons. The van der Waals surface area contributed by atoms with Gasteiger partial charge in [0.1, 0.15) is 11.9 Å². The summed E-state index contributed by atoms with van der Waals surface area (Å²) in [5.41, 5.74) is 1.09. The number of pyridine rings is 1. The Morgan fingerprint density at radius 3 is 2.88 bits per heavy atom. The van der Waals surface area contributed by atoms with Crippen molar-refractivity contribution in [3.8, 4) is 0 Å². The maximum Gasteiger partial charge on any atom is 0.242 e. The van der Waals surface area contributed by atoms with Crippen LogP contribution in [-0.2, 0) is 4.79 Å². The maximum atomic E-state index is 11.7. The molecular formula is C12H16BrN3O. The minimum Gasteiger partial charge on any atom is -0.359 e. The Hall–Kier alpha value is -1.10. The molecule has 4 nitrogen and oxygen atoms in total. The zero-order valence-corrected chi connectivity index (χ0v) is 11.5. The third-order valence-electron chi connectivity index (χ3n) is 2.73. The Morgan fingerprint density at radius 2 is 2.29 bits per heavy atom. The van der Waals surface area contributed by atoms with E-state index in [4.69, 9.17) is 0 Å². The summed E-state index contributed by atoms with van der Waals surface area (Å²) in [6.45, 7) is 3.84. The van der Waals surface area contributed by atoms with Crippen LogP contribution >= 0.6 is 15.9 Å². The number of nitrogens with zero attached hydrogens (tertiary/aromatic N) is 1. The second-order valence-electron chi connectivity index (χ2n) is 4.47. The van der Waals surface area contributed by atoms with Crippen molar-refractivity contribution in [2.75, 3.05) is 5.32 Å². The number of rotatable bonds is 4. The van der Waals surface area contributed by atoms with Gasteiger partial charge in [0.15, 0.2) is 0 Å². The quantitative estimate of drug-likeness (QED) is 0.896. The number of hydrogen-bond donors (Lipinski definition) is 2. The topological polar surface area (TPSA) is 54.0 Å². The average molecular weight is 298 g/mol. The van der Waals surface area contributed by atoms with Gasteiger partial charge in [-0.2, -0.15) is 0 Å². The van der Waals surface area contributed by atoms with E-state index < -0.39 is 0 Å². The van der Waals surface area contributed by atoms with Gasteiger partial charge in [0.05, 0.1) is 0 Å². The SMILES string of the molecule is Cc1cc(NC(C)C(=O)NC2CC2)ncc1Br. The summed E-state index contributed by atoms with van der Waals surface area (Å²) in [6, 6.07) is 2.06. The summed E-state index contributed by atoms with van der Waals surface area (Å²) < 4.78 is 0.970. The van der Waals surface area contributed by atoms with Crippen LogP contribution in [0.25, 0.3) is 0 Å². The van der Waals surface area contributed by atoms with E-state index in [2.05, 4.69) is 31.5 Å². The molecule has 5 heteroatoms. The molecule has 1 aliphatic rings. The first-order valence-corrected chi connectivity index (χ1v) is 6.54. The molecule has 0 bridgehead atoms. The monoisotopic (exact) mass is 297 g/mol. The molecule has 17 heavy (non-hydrogen) atoms. The van der Waals surface area contributed by atoms with Crippen LogP contribution in [0, 0.1) is 6.92 Å². The third kappa shape index (κ3) is 3.43. The minimum atomic E-state index is -0.260. The molecule has 0 spiro atoms. The number of nitrogens with one attached hydrogen (secondary N) is 2. The van der Waals surface area contributed by atoms with Gasteiger partial charge in [0.2, 0.25) is 5.91 Å². The number of carbonyl (C=O) groups excluding carboxylic acids is 1. The van der Waals surface area contributed by atoms with E-state index in [-0.39, 0.29) is 11.9 Å². The number of aryl methyl sites for hydroxylation is 1. The Morgan fingerprint density at radius 1 is 1.59 bits per heavy atom. The molecule has 0 aromatic carbocycles. The normalized spacial score (nSPS) is 16.4. The zero-order valence-electron chi connectivity index (χ0n) is 9.96. The fourth-order valence-electron chi connectivity index (χ4n) is 1.46. The summed E-state index contributed by atoms with van der Waals surface area (Å²) in [5, 5.41) is 6.06. The van der Waals surface area contributed by atoms with Gasteiger partial charge in [-0.15, -0.1) is 0 Å². The van der Waals surface area contributed by atoms with Gasteiger partial charge in [-0.05, 0) is 54.2 Å². The van der Waals surface area contributed by atoms with Crippen molar-refractivity contribution in [1.29, 1.82) is 0 Å². The van der Waals surface area contributed by atoms with E-state index >= 15 is 0 Å². The first-order chi connectivity index (χ1) is 8.06. The van der Waals surface area contributed by atoms with Crippen molar-refractivity contribution < 1.29 is 4.79 Å². The van der Waals surface area contributed by atoms with Crippen molar-refractivity contribution in [3.63, 3.8) is 0 Å². The Bertz CT molecular complexity index is 432. The minimum absolute atomic E-state index is 0.0369. The zero-order chi connectivity index (χ0) is 12.4. The van der Waals surface area contributed by atoms with Gasteiger partial charge >= 0.3 is 0 Å². The van der Waals surface area contributed by atoms with Gasteiger partial charge < -0.3 is 10.6 Å². The largest absolute Gasteiger partial charge is 0.359 e. The van der Waals surface area contributed by atoms with E-state index in [0.29, 0.717) is 6.04 Å². The molecule has 1 fully saturated rings. The van der Waals surface area contributed by atoms with Gasteiger partial charge in [-0.25, -0.2) is 4.98 Å². The Labute approximate surface area is 109 Å². The first-order valence-electron chi connectivity index (χ1n) is 5.75. The highest BCUT2D eigenvalue weighted by Gasteiger charge is 2.25. The molecule has 1 saturated carbocycles. The lowest BCUT2D eigenvalue weighted by molar-refractivity contribution is -0.121. The summed E-state index contributed by atoms with van der Waals surface area (Å²) in [5.74, 6) is 0.763. The highest BCUT2D eigenvalue weighted by atomic mass is 79.9. The van der Waals surface area contributed by atoms with Crippen molar-refractivity contribution in [3.05, 3.63) is 22.3 Å². The standard InChI is InChI=1S/C12H16BrN3O/c1-7-5-11(14-6-10(7)13)15-8(2)12(17)16-9-3-4-9/h5-6,8-9H,3-4H2,1-2H3,(H,14,15)(H,16,17). The fraction of sp³-hybridized carbons (Fsp3) is 0.500. The summed E-state index contributed by atoms with van der Waals surface area (Å²) in [7, 11) is 0. The lowest BCUT2D eigenvalue weighted by Gasteiger charge is -2.14. The average Bonchev–Trinajstić information content (AvgIpc) is 3.07. The van der Waals surface area contributed by atoms with Crippen molar-refractivity contribution in [2.24, 2.45) is 0 Å². The number of carbonyl (C=O) groups is 1. The molecule has 1 aromatic rings. The van der Waals surface area contributed by atoms with Crippen LogP contribution in [0.5, 0.6) is 0 Å². The maximum absolute atomic E-state index is 11.7. The van der Waals surface area contributed by atoms with Gasteiger partial charge in [-0.3, -0.25) is 4.79 Å². The third-order valence-corrected chi connectivity index (χ3v) is 3.56. The molecule has 1 heterocycles. The lowest BCUT2D eigenvalue weighted by Crippen LogP contribution is -2.38. The Kier molecular flexibility index (Phi) is 3.66. The van der Waals surface area contributed by atoms with Crippen LogP contribution < -0.4 is 10.6 Å². The number of hydrogen-bond acceptors (Lipinski definition) is 3. The van der Waals surface area contributed by atoms with Crippen LogP contribution in [-0.4, -0.2) is 23.0 Å². The predicted molar refractivity (Wildman–Crippen MR) is 70.9 cm³/mol. The molecule has 2 rings (SSSR count). The second-order valence-corrected chi connectivity index (χ2v) is 5.32. The van der Waals surface area contributed by atoms with Gasteiger partial charge in [0, 0.05) is 16.7 Å². The number of aromatic nitrogens is 1. The van der Waals surface area contributed by atoms with Gasteiger partial charge in [0.25, 0.3) is 0 Å². The van der Waals surface area contributed by atoms with E-state index in [9.17, 15) is 4.79 Å². The number of halogens is 1. The van der Waals surface area contributed by atoms with E-state index in [1.165, 1.54) is 0 Å². The van der Waals surface area contributed by atoms with E-state index in [0.717, 1.165) is 28.7 Å². The van der Waals surface area contributed by atoms with Crippen LogP contribution in [0.2, 0.25) is 0 Å². The molecule has 1 atom stereocenters. The molecule has 92 valence electrons. The molecule has 1 aliphatic carbocycles. The molecule has 0 saturated heterocycles. The molecule has 1 aromatic heterocycles. The summed E-state index contributed by atoms with van der Waals surface area (Å²) in [6.07, 6.45) is 3.95. The molecular weight excluding hydrogens is 282 g/mol. The second kappa shape index (κ2) is 5.04. The predicted octanol–water partition coefficient (Wildman–Crippen LogP) is 2.23. The highest BCUT2D eigenvalue weighted by molar-refractivity contribution is 9.10. The number of anilines is 1. The van der Waals surface area contributed by atoms with E-state index in [1.807, 2.05) is 19.9 Å². The fourth-order valence-corrected chi connectivity index (χ4v) is 1.68. The first kappa shape index (κ1) is 12.4. The summed E-state index contributed by atoms with van der Waals surface area (Å²) >= 11 is 3.40. The van der Waals surface area contributed by atoms with Crippen LogP contribution in [0.1, 0.15) is 25.3 Å². The smallest absolute Gasteiger partial charge is 0.242 e. The van der Waals surface area contributed by atoms with Crippen LogP contribution in [0.4, 0.5) is 5.82 Å². The van der Waals surface area contributed by atoms with Crippen LogP contribution in [0.3, 0.4) is 0 Å². The Balaban J connectivity index is 1.94. The molecule has 0 aliphatic heterocycles. The van der Waals surface area contributed by atoms with Gasteiger partial charge in [-0.1, -0.05) is 0 Å². The van der Waals surface area contributed by atoms with Crippen molar-refractivity contribution >= 4 is 27.7 Å².